The maximum atomic E-state index is 11.3. The average Bonchev–Trinajstić information content (AvgIpc) is 2.16. The topological polar surface area (TPSA) is 26.3 Å². The third-order valence-electron chi connectivity index (χ3n) is 2.10. The van der Waals surface area contributed by atoms with Crippen molar-refractivity contribution < 1.29 is 9.53 Å². The van der Waals surface area contributed by atoms with Gasteiger partial charge in [0.05, 0.1) is 0 Å². The van der Waals surface area contributed by atoms with Crippen molar-refractivity contribution in [2.75, 3.05) is 7.11 Å². The number of hydrogen-bond acceptors (Lipinski definition) is 2. The van der Waals surface area contributed by atoms with E-state index in [-0.39, 0.29) is 4.68 Å². The summed E-state index contributed by atoms with van der Waals surface area (Å²) in [5, 5.41) is 0. The van der Waals surface area contributed by atoms with Gasteiger partial charge in [-0.05, 0) is 0 Å². The molecule has 0 heterocycles. The van der Waals surface area contributed by atoms with Gasteiger partial charge in [0, 0.05) is 0 Å². The van der Waals surface area contributed by atoms with Crippen LogP contribution >= 0.6 is 0 Å². The molecule has 0 aliphatic heterocycles. The van der Waals surface area contributed by atoms with E-state index in [9.17, 15) is 4.79 Å². The molecule has 0 atom stereocenters. The van der Waals surface area contributed by atoms with E-state index in [0.29, 0.717) is 5.92 Å². The van der Waals surface area contributed by atoms with E-state index in [1.54, 1.807) is 19.2 Å². The van der Waals surface area contributed by atoms with Crippen molar-refractivity contribution in [3.8, 4) is 5.75 Å². The van der Waals surface area contributed by atoms with Gasteiger partial charge in [0.25, 0.3) is 0 Å². The molecule has 0 saturated carbocycles. The van der Waals surface area contributed by atoms with Gasteiger partial charge in [-0.25, -0.2) is 0 Å². The molecule has 0 saturated heterocycles. The molecule has 1 aromatic carbocycles. The van der Waals surface area contributed by atoms with E-state index in [2.05, 4.69) is 29.9 Å². The van der Waals surface area contributed by atoms with Gasteiger partial charge in [0.2, 0.25) is 0 Å². The molecule has 0 aromatic heterocycles. The van der Waals surface area contributed by atoms with Crippen molar-refractivity contribution in [3.63, 3.8) is 0 Å². The first-order chi connectivity index (χ1) is 6.56. The Bertz CT molecular complexity index is 345. The Balaban J connectivity index is 3.24. The zero-order chi connectivity index (χ0) is 10.7. The summed E-state index contributed by atoms with van der Waals surface area (Å²) in [4.78, 5) is 11.3. The van der Waals surface area contributed by atoms with Crippen LogP contribution in [0.2, 0.25) is 0 Å². The normalized spacial score (nSPS) is 10.3. The average molecular weight is 256 g/mol. The van der Waals surface area contributed by atoms with E-state index in [0.717, 1.165) is 16.9 Å². The standard InChI is InChI=1S/C11H13O2Se/c1-7(2)10-6-8(13-3)4-5-9(10)11(12)14/h4-7H,1-3H3. The molecular weight excluding hydrogens is 243 g/mol. The van der Waals surface area contributed by atoms with Crippen LogP contribution in [-0.2, 0) is 0 Å². The molecule has 0 aliphatic rings. The van der Waals surface area contributed by atoms with Gasteiger partial charge in [-0.2, -0.15) is 0 Å². The molecule has 14 heavy (non-hydrogen) atoms. The first-order valence-corrected chi connectivity index (χ1v) is 5.31. The Morgan fingerprint density at radius 3 is 2.50 bits per heavy atom. The second kappa shape index (κ2) is 4.63. The molecule has 3 heteroatoms. The maximum absolute atomic E-state index is 11.3. The molecule has 2 nitrogen and oxygen atoms in total. The third kappa shape index (κ3) is 2.37. The molecule has 1 radical (unpaired) electrons. The summed E-state index contributed by atoms with van der Waals surface area (Å²) < 4.78 is 5.10. The van der Waals surface area contributed by atoms with Crippen molar-refractivity contribution in [1.82, 2.24) is 0 Å². The number of rotatable bonds is 3. The van der Waals surface area contributed by atoms with Crippen molar-refractivity contribution >= 4 is 20.7 Å². The second-order valence-corrected chi connectivity index (χ2v) is 4.17. The molecule has 0 amide bonds. The number of ether oxygens (including phenoxy) is 1. The fourth-order valence-electron chi connectivity index (χ4n) is 1.33. The van der Waals surface area contributed by atoms with Crippen LogP contribution in [0.25, 0.3) is 0 Å². The minimum absolute atomic E-state index is 0.0173. The van der Waals surface area contributed by atoms with Crippen LogP contribution in [0.4, 0.5) is 0 Å². The molecule has 1 aromatic rings. The Kier molecular flexibility index (Phi) is 3.73. The predicted molar refractivity (Wildman–Crippen MR) is 57.2 cm³/mol. The molecule has 0 N–H and O–H groups in total. The number of methoxy groups -OCH3 is 1. The Morgan fingerprint density at radius 2 is 2.07 bits per heavy atom. The Labute approximate surface area is 92.5 Å². The van der Waals surface area contributed by atoms with E-state index < -0.39 is 0 Å². The minimum atomic E-state index is -0.0173. The molecule has 0 fully saturated rings. The van der Waals surface area contributed by atoms with Crippen LogP contribution < -0.4 is 4.74 Å². The monoisotopic (exact) mass is 257 g/mol. The van der Waals surface area contributed by atoms with Crippen LogP contribution in [0.5, 0.6) is 5.75 Å². The molecule has 0 spiro atoms. The summed E-state index contributed by atoms with van der Waals surface area (Å²) in [5.74, 6) is 1.11. The van der Waals surface area contributed by atoms with Gasteiger partial charge in [-0.3, -0.25) is 0 Å². The molecule has 0 aliphatic carbocycles. The summed E-state index contributed by atoms with van der Waals surface area (Å²) >= 11 is 2.51. The van der Waals surface area contributed by atoms with Crippen molar-refractivity contribution in [2.45, 2.75) is 19.8 Å². The van der Waals surface area contributed by atoms with E-state index in [4.69, 9.17) is 4.74 Å². The summed E-state index contributed by atoms with van der Waals surface area (Å²) in [7, 11) is 1.62. The summed E-state index contributed by atoms with van der Waals surface area (Å²) in [6.07, 6.45) is 0. The zero-order valence-electron chi connectivity index (χ0n) is 8.53. The molecule has 1 rings (SSSR count). The molecule has 0 unspecified atom stereocenters. The Morgan fingerprint density at radius 1 is 1.43 bits per heavy atom. The van der Waals surface area contributed by atoms with Crippen molar-refractivity contribution in [2.24, 2.45) is 0 Å². The number of hydrogen-bond donors (Lipinski definition) is 0. The first-order valence-electron chi connectivity index (χ1n) is 4.45. The fourth-order valence-corrected chi connectivity index (χ4v) is 1.72. The fraction of sp³-hybridized carbons (Fsp3) is 0.364. The van der Waals surface area contributed by atoms with Crippen LogP contribution in [0.3, 0.4) is 0 Å². The zero-order valence-corrected chi connectivity index (χ0v) is 10.2. The van der Waals surface area contributed by atoms with Gasteiger partial charge in [-0.1, -0.05) is 0 Å². The van der Waals surface area contributed by atoms with Gasteiger partial charge in [0.15, 0.2) is 0 Å². The number of carbonyl (C=O) groups is 1. The van der Waals surface area contributed by atoms with Crippen LogP contribution in [0.1, 0.15) is 35.7 Å². The SMILES string of the molecule is COc1ccc(C(=O)[Se])c(C(C)C)c1. The van der Waals surface area contributed by atoms with Gasteiger partial charge in [-0.15, -0.1) is 0 Å². The van der Waals surface area contributed by atoms with E-state index in [1.165, 1.54) is 0 Å². The molecular formula is C11H13O2Se. The third-order valence-corrected chi connectivity index (χ3v) is 2.56. The van der Waals surface area contributed by atoms with Gasteiger partial charge in [0.1, 0.15) is 0 Å². The van der Waals surface area contributed by atoms with E-state index >= 15 is 0 Å². The van der Waals surface area contributed by atoms with Crippen LogP contribution in [0.15, 0.2) is 18.2 Å². The second-order valence-electron chi connectivity index (χ2n) is 3.40. The summed E-state index contributed by atoms with van der Waals surface area (Å²) in [5.41, 5.74) is 1.76. The molecule has 75 valence electrons. The summed E-state index contributed by atoms with van der Waals surface area (Å²) in [6.45, 7) is 4.11. The van der Waals surface area contributed by atoms with Crippen LogP contribution in [0, 0.1) is 0 Å². The quantitative estimate of drug-likeness (QED) is 0.774. The van der Waals surface area contributed by atoms with E-state index in [1.807, 2.05) is 6.07 Å². The summed E-state index contributed by atoms with van der Waals surface area (Å²) in [6, 6.07) is 5.51. The van der Waals surface area contributed by atoms with Crippen molar-refractivity contribution in [3.05, 3.63) is 29.3 Å². The van der Waals surface area contributed by atoms with Crippen LogP contribution in [-0.4, -0.2) is 27.8 Å². The predicted octanol–water partition coefficient (Wildman–Crippen LogP) is 2.13. The Hall–Kier alpha value is -0.791. The molecule has 0 bridgehead atoms. The van der Waals surface area contributed by atoms with Gasteiger partial charge >= 0.3 is 92.2 Å². The number of carbonyl (C=O) groups excluding carboxylic acids is 1. The first kappa shape index (κ1) is 11.3. The van der Waals surface area contributed by atoms with Gasteiger partial charge < -0.3 is 0 Å². The number of benzene rings is 1. The van der Waals surface area contributed by atoms with Crippen molar-refractivity contribution in [1.29, 1.82) is 0 Å².